The normalized spacial score (nSPS) is 8.08. The van der Waals surface area contributed by atoms with Gasteiger partial charge in [0, 0.05) is 0 Å². The highest BCUT2D eigenvalue weighted by Gasteiger charge is 1.84. The average molecular weight is 166 g/mol. The zero-order valence-corrected chi connectivity index (χ0v) is 6.94. The van der Waals surface area contributed by atoms with Crippen molar-refractivity contribution in [3.63, 3.8) is 0 Å². The SMILES string of the molecule is NC=O.NCCc1ccccc1. The van der Waals surface area contributed by atoms with E-state index in [0.29, 0.717) is 0 Å². The van der Waals surface area contributed by atoms with Crippen molar-refractivity contribution in [2.75, 3.05) is 6.54 Å². The predicted molar refractivity (Wildman–Crippen MR) is 49.5 cm³/mol. The van der Waals surface area contributed by atoms with E-state index in [-0.39, 0.29) is 6.41 Å². The zero-order chi connectivity index (χ0) is 9.23. The quantitative estimate of drug-likeness (QED) is 0.620. The summed E-state index contributed by atoms with van der Waals surface area (Å²) in [5, 5.41) is 0. The van der Waals surface area contributed by atoms with E-state index in [0.717, 1.165) is 13.0 Å². The van der Waals surface area contributed by atoms with Crippen molar-refractivity contribution in [1.82, 2.24) is 0 Å². The largest absolute Gasteiger partial charge is 0.372 e. The Kier molecular flexibility index (Phi) is 6.88. The fraction of sp³-hybridized carbons (Fsp3) is 0.222. The molecule has 0 aromatic heterocycles. The first-order valence-electron chi connectivity index (χ1n) is 3.74. The van der Waals surface area contributed by atoms with Crippen molar-refractivity contribution in [2.24, 2.45) is 11.5 Å². The van der Waals surface area contributed by atoms with Crippen molar-refractivity contribution in [3.05, 3.63) is 35.9 Å². The summed E-state index contributed by atoms with van der Waals surface area (Å²) in [4.78, 5) is 8.58. The van der Waals surface area contributed by atoms with Gasteiger partial charge in [-0.15, -0.1) is 0 Å². The molecule has 0 radical (unpaired) electrons. The minimum atomic E-state index is 0.250. The molecule has 0 unspecified atom stereocenters. The van der Waals surface area contributed by atoms with Crippen LogP contribution >= 0.6 is 0 Å². The molecule has 0 atom stereocenters. The molecule has 4 N–H and O–H groups in total. The molecule has 3 heteroatoms. The fourth-order valence-electron chi connectivity index (χ4n) is 0.811. The zero-order valence-electron chi connectivity index (χ0n) is 6.94. The van der Waals surface area contributed by atoms with Crippen LogP contribution in [0.4, 0.5) is 0 Å². The van der Waals surface area contributed by atoms with Gasteiger partial charge in [-0.05, 0) is 18.5 Å². The predicted octanol–water partition coefficient (Wildman–Crippen LogP) is 0.289. The van der Waals surface area contributed by atoms with Gasteiger partial charge in [0.15, 0.2) is 0 Å². The number of carbonyl (C=O) groups is 1. The lowest BCUT2D eigenvalue weighted by Gasteiger charge is -1.93. The first-order valence-corrected chi connectivity index (χ1v) is 3.74. The van der Waals surface area contributed by atoms with Crippen LogP contribution in [0.1, 0.15) is 5.56 Å². The lowest BCUT2D eigenvalue weighted by molar-refractivity contribution is -0.106. The molecule has 0 heterocycles. The van der Waals surface area contributed by atoms with Crippen molar-refractivity contribution in [2.45, 2.75) is 6.42 Å². The van der Waals surface area contributed by atoms with Gasteiger partial charge in [-0.1, -0.05) is 30.3 Å². The molecule has 0 fully saturated rings. The van der Waals surface area contributed by atoms with Crippen molar-refractivity contribution >= 4 is 6.41 Å². The number of rotatable bonds is 2. The van der Waals surface area contributed by atoms with Gasteiger partial charge in [-0.3, -0.25) is 4.79 Å². The first-order chi connectivity index (χ1) is 5.85. The van der Waals surface area contributed by atoms with Crippen LogP contribution < -0.4 is 11.5 Å². The Morgan fingerprint density at radius 1 is 1.25 bits per heavy atom. The molecule has 1 amide bonds. The van der Waals surface area contributed by atoms with E-state index < -0.39 is 0 Å². The standard InChI is InChI=1S/C8H11N.CH3NO/c9-7-6-8-4-2-1-3-5-8;2-1-3/h1-5H,6-7,9H2;1H,(H2,2,3). The second-order valence-electron chi connectivity index (χ2n) is 2.16. The lowest BCUT2D eigenvalue weighted by Crippen LogP contribution is -2.01. The summed E-state index contributed by atoms with van der Waals surface area (Å²) in [6.45, 7) is 0.740. The molecule has 1 aromatic rings. The number of amides is 1. The van der Waals surface area contributed by atoms with Crippen LogP contribution in [0.15, 0.2) is 30.3 Å². The number of nitrogens with two attached hydrogens (primary N) is 2. The van der Waals surface area contributed by atoms with E-state index in [1.807, 2.05) is 18.2 Å². The minimum Gasteiger partial charge on any atom is -0.372 e. The molecule has 1 aromatic carbocycles. The van der Waals surface area contributed by atoms with Gasteiger partial charge in [0.1, 0.15) is 0 Å². The van der Waals surface area contributed by atoms with E-state index in [1.54, 1.807) is 0 Å². The van der Waals surface area contributed by atoms with Crippen LogP contribution in [0, 0.1) is 0 Å². The Balaban J connectivity index is 0.000000354. The molecule has 0 aliphatic carbocycles. The van der Waals surface area contributed by atoms with Crippen LogP contribution in [0.3, 0.4) is 0 Å². The van der Waals surface area contributed by atoms with Crippen LogP contribution in [-0.2, 0) is 11.2 Å². The number of hydrogen-bond donors (Lipinski definition) is 2. The van der Waals surface area contributed by atoms with E-state index in [9.17, 15) is 0 Å². The Hall–Kier alpha value is -1.35. The summed E-state index contributed by atoms with van der Waals surface area (Å²) in [5.74, 6) is 0. The van der Waals surface area contributed by atoms with Crippen molar-refractivity contribution < 1.29 is 4.79 Å². The van der Waals surface area contributed by atoms with E-state index in [1.165, 1.54) is 5.56 Å². The Bertz CT molecular complexity index is 199. The molecule has 1 rings (SSSR count). The number of benzene rings is 1. The topological polar surface area (TPSA) is 69.1 Å². The highest BCUT2D eigenvalue weighted by Crippen LogP contribution is 1.96. The van der Waals surface area contributed by atoms with Crippen LogP contribution in [0.2, 0.25) is 0 Å². The molecule has 0 spiro atoms. The highest BCUT2D eigenvalue weighted by molar-refractivity contribution is 5.42. The lowest BCUT2D eigenvalue weighted by atomic mass is 10.2. The summed E-state index contributed by atoms with van der Waals surface area (Å²) in [7, 11) is 0. The molecular formula is C9H14N2O. The molecule has 66 valence electrons. The fourth-order valence-corrected chi connectivity index (χ4v) is 0.811. The maximum absolute atomic E-state index is 8.58. The van der Waals surface area contributed by atoms with Crippen LogP contribution in [-0.4, -0.2) is 13.0 Å². The highest BCUT2D eigenvalue weighted by atomic mass is 16.1. The summed E-state index contributed by atoms with van der Waals surface area (Å²) in [6, 6.07) is 10.3. The summed E-state index contributed by atoms with van der Waals surface area (Å²) >= 11 is 0. The number of hydrogen-bond acceptors (Lipinski definition) is 2. The van der Waals surface area contributed by atoms with Gasteiger partial charge < -0.3 is 11.5 Å². The number of carbonyl (C=O) groups excluding carboxylic acids is 1. The molecule has 0 saturated carbocycles. The average Bonchev–Trinajstić information content (AvgIpc) is 2.08. The van der Waals surface area contributed by atoms with Gasteiger partial charge in [0.25, 0.3) is 0 Å². The van der Waals surface area contributed by atoms with Crippen molar-refractivity contribution in [3.8, 4) is 0 Å². The molecule has 12 heavy (non-hydrogen) atoms. The van der Waals surface area contributed by atoms with E-state index >= 15 is 0 Å². The Morgan fingerprint density at radius 2 is 1.75 bits per heavy atom. The Morgan fingerprint density at radius 3 is 2.17 bits per heavy atom. The minimum absolute atomic E-state index is 0.250. The molecule has 0 saturated heterocycles. The van der Waals surface area contributed by atoms with Gasteiger partial charge in [0.2, 0.25) is 6.41 Å². The van der Waals surface area contributed by atoms with E-state index in [2.05, 4.69) is 17.9 Å². The molecular weight excluding hydrogens is 152 g/mol. The smallest absolute Gasteiger partial charge is 0.204 e. The van der Waals surface area contributed by atoms with Crippen LogP contribution in [0.5, 0.6) is 0 Å². The maximum Gasteiger partial charge on any atom is 0.204 e. The third kappa shape index (κ3) is 5.44. The third-order valence-corrected chi connectivity index (χ3v) is 1.28. The summed E-state index contributed by atoms with van der Waals surface area (Å²) in [5.41, 5.74) is 10.8. The van der Waals surface area contributed by atoms with Gasteiger partial charge in [-0.2, -0.15) is 0 Å². The summed E-state index contributed by atoms with van der Waals surface area (Å²) < 4.78 is 0. The molecule has 0 aliphatic heterocycles. The van der Waals surface area contributed by atoms with E-state index in [4.69, 9.17) is 10.5 Å². The summed E-state index contributed by atoms with van der Waals surface area (Å²) in [6.07, 6.45) is 1.24. The molecule has 0 aliphatic rings. The molecule has 0 bridgehead atoms. The van der Waals surface area contributed by atoms with Crippen molar-refractivity contribution in [1.29, 1.82) is 0 Å². The third-order valence-electron chi connectivity index (χ3n) is 1.28. The van der Waals surface area contributed by atoms with Gasteiger partial charge in [-0.25, -0.2) is 0 Å². The maximum atomic E-state index is 8.58. The first kappa shape index (κ1) is 10.7. The second kappa shape index (κ2) is 7.75. The number of primary amides is 1. The molecule has 3 nitrogen and oxygen atoms in total. The second-order valence-corrected chi connectivity index (χ2v) is 2.16. The Labute approximate surface area is 72.4 Å². The van der Waals surface area contributed by atoms with Gasteiger partial charge in [0.05, 0.1) is 0 Å². The van der Waals surface area contributed by atoms with Crippen LogP contribution in [0.25, 0.3) is 0 Å². The monoisotopic (exact) mass is 166 g/mol. The van der Waals surface area contributed by atoms with Gasteiger partial charge >= 0.3 is 0 Å².